The topological polar surface area (TPSA) is 25.8 Å². The van der Waals surface area contributed by atoms with Crippen molar-refractivity contribution in [1.29, 1.82) is 0 Å². The molecule has 2 nitrogen and oxygen atoms in total. The van der Waals surface area contributed by atoms with Gasteiger partial charge in [-0.05, 0) is 68.3 Å². The summed E-state index contributed by atoms with van der Waals surface area (Å²) in [6.45, 7) is 0. The van der Waals surface area contributed by atoms with Crippen molar-refractivity contribution in [3.05, 3.63) is 57.0 Å². The highest BCUT2D eigenvalue weighted by Gasteiger charge is 1.92. The third-order valence-electron chi connectivity index (χ3n) is 1.90. The summed E-state index contributed by atoms with van der Waals surface area (Å²) in [6, 6.07) is 11.6. The number of aromatic nitrogens is 2. The highest BCUT2D eigenvalue weighted by Crippen LogP contribution is 2.11. The molecule has 0 aliphatic rings. The molecule has 0 fully saturated rings. The van der Waals surface area contributed by atoms with E-state index in [9.17, 15) is 0 Å². The van der Waals surface area contributed by atoms with Crippen molar-refractivity contribution in [1.82, 2.24) is 9.97 Å². The van der Waals surface area contributed by atoms with Gasteiger partial charge in [-0.1, -0.05) is 12.1 Å². The molecule has 80 valence electrons. The maximum absolute atomic E-state index is 4.30. The van der Waals surface area contributed by atoms with Crippen LogP contribution in [0.4, 0.5) is 0 Å². The predicted octanol–water partition coefficient (Wildman–Crippen LogP) is 4.17. The lowest BCUT2D eigenvalue weighted by molar-refractivity contribution is 1.24. The molecule has 16 heavy (non-hydrogen) atoms. The Morgan fingerprint density at radius 3 is 1.56 bits per heavy atom. The van der Waals surface area contributed by atoms with Crippen LogP contribution in [0.3, 0.4) is 0 Å². The van der Waals surface area contributed by atoms with Gasteiger partial charge in [-0.3, -0.25) is 0 Å². The van der Waals surface area contributed by atoms with Crippen LogP contribution >= 0.6 is 31.9 Å². The molecule has 0 radical (unpaired) electrons. The first kappa shape index (κ1) is 11.5. The van der Waals surface area contributed by atoms with E-state index in [2.05, 4.69) is 41.8 Å². The number of halogens is 2. The fraction of sp³-hybridized carbons (Fsp3) is 0. The second-order valence-electron chi connectivity index (χ2n) is 3.10. The molecule has 2 heterocycles. The van der Waals surface area contributed by atoms with E-state index in [1.54, 1.807) is 0 Å². The van der Waals surface area contributed by atoms with Gasteiger partial charge in [-0.15, -0.1) is 0 Å². The van der Waals surface area contributed by atoms with Gasteiger partial charge in [0.25, 0.3) is 0 Å². The summed E-state index contributed by atoms with van der Waals surface area (Å²) >= 11 is 6.66. The van der Waals surface area contributed by atoms with Gasteiger partial charge >= 0.3 is 0 Å². The molecule has 4 heteroatoms. The van der Waals surface area contributed by atoms with Crippen LogP contribution < -0.4 is 0 Å². The zero-order valence-corrected chi connectivity index (χ0v) is 11.4. The molecule has 0 bridgehead atoms. The Hall–Kier alpha value is -1.00. The quantitative estimate of drug-likeness (QED) is 0.767. The maximum Gasteiger partial charge on any atom is 0.106 e. The molecule has 2 aromatic heterocycles. The summed E-state index contributed by atoms with van der Waals surface area (Å²) in [6.07, 6.45) is 3.86. The van der Waals surface area contributed by atoms with E-state index in [0.29, 0.717) is 0 Å². The van der Waals surface area contributed by atoms with Crippen LogP contribution in [0.1, 0.15) is 11.4 Å². The van der Waals surface area contributed by atoms with Crippen LogP contribution in [-0.2, 0) is 0 Å². The Balaban J connectivity index is 2.21. The van der Waals surface area contributed by atoms with Gasteiger partial charge in [-0.2, -0.15) is 0 Å². The van der Waals surface area contributed by atoms with E-state index in [-0.39, 0.29) is 0 Å². The molecule has 0 atom stereocenters. The number of hydrogen-bond donors (Lipinski definition) is 0. The van der Waals surface area contributed by atoms with Gasteiger partial charge in [0.1, 0.15) is 9.21 Å². The number of rotatable bonds is 2. The van der Waals surface area contributed by atoms with Gasteiger partial charge in [0.05, 0.1) is 11.4 Å². The number of nitrogens with zero attached hydrogens (tertiary/aromatic N) is 2. The van der Waals surface area contributed by atoms with Gasteiger partial charge in [-0.25, -0.2) is 9.97 Å². The summed E-state index contributed by atoms with van der Waals surface area (Å²) in [5, 5.41) is 0. The lowest BCUT2D eigenvalue weighted by Gasteiger charge is -1.95. The van der Waals surface area contributed by atoms with Crippen molar-refractivity contribution in [3.8, 4) is 0 Å². The van der Waals surface area contributed by atoms with Crippen LogP contribution in [0.5, 0.6) is 0 Å². The van der Waals surface area contributed by atoms with Crippen LogP contribution in [0.2, 0.25) is 0 Å². The standard InChI is InChI=1S/C12H8Br2N2/c13-11-5-1-3-9(15-11)7-8-10-4-2-6-12(14)16-10/h1-8H/b8-7+. The molecule has 0 amide bonds. The van der Waals surface area contributed by atoms with Crippen molar-refractivity contribution in [2.75, 3.05) is 0 Å². The summed E-state index contributed by atoms with van der Waals surface area (Å²) in [7, 11) is 0. The van der Waals surface area contributed by atoms with Crippen molar-refractivity contribution in [2.24, 2.45) is 0 Å². The van der Waals surface area contributed by atoms with Gasteiger partial charge in [0, 0.05) is 0 Å². The molecule has 0 N–H and O–H groups in total. The van der Waals surface area contributed by atoms with E-state index in [1.807, 2.05) is 48.6 Å². The molecule has 0 aliphatic heterocycles. The fourth-order valence-corrected chi connectivity index (χ4v) is 1.92. The summed E-state index contributed by atoms with van der Waals surface area (Å²) in [4.78, 5) is 8.60. The molecule has 0 spiro atoms. The van der Waals surface area contributed by atoms with Crippen molar-refractivity contribution in [2.45, 2.75) is 0 Å². The average molecular weight is 340 g/mol. The Morgan fingerprint density at radius 1 is 0.750 bits per heavy atom. The van der Waals surface area contributed by atoms with Gasteiger partial charge in [0.15, 0.2) is 0 Å². The van der Waals surface area contributed by atoms with Crippen molar-refractivity contribution < 1.29 is 0 Å². The molecule has 2 rings (SSSR count). The highest BCUT2D eigenvalue weighted by molar-refractivity contribution is 9.10. The monoisotopic (exact) mass is 338 g/mol. The second-order valence-corrected chi connectivity index (χ2v) is 4.73. The zero-order valence-electron chi connectivity index (χ0n) is 8.27. The third kappa shape index (κ3) is 3.25. The van der Waals surface area contributed by atoms with Crippen LogP contribution in [0, 0.1) is 0 Å². The zero-order chi connectivity index (χ0) is 11.4. The largest absolute Gasteiger partial charge is 0.242 e. The number of hydrogen-bond acceptors (Lipinski definition) is 2. The Morgan fingerprint density at radius 2 is 1.19 bits per heavy atom. The van der Waals surface area contributed by atoms with Crippen LogP contribution in [0.25, 0.3) is 12.2 Å². The lowest BCUT2D eigenvalue weighted by atomic mass is 10.3. The van der Waals surface area contributed by atoms with Crippen LogP contribution in [0.15, 0.2) is 45.6 Å². The third-order valence-corrected chi connectivity index (χ3v) is 2.78. The minimum absolute atomic E-state index is 0.830. The Labute approximate surface area is 111 Å². The van der Waals surface area contributed by atoms with Crippen molar-refractivity contribution in [3.63, 3.8) is 0 Å². The Kier molecular flexibility index (Phi) is 3.85. The molecule has 2 aromatic rings. The minimum atomic E-state index is 0.830. The molecule has 0 aromatic carbocycles. The van der Waals surface area contributed by atoms with Gasteiger partial charge in [0.2, 0.25) is 0 Å². The minimum Gasteiger partial charge on any atom is -0.242 e. The average Bonchev–Trinajstić information content (AvgIpc) is 2.27. The van der Waals surface area contributed by atoms with Crippen LogP contribution in [-0.4, -0.2) is 9.97 Å². The first-order valence-electron chi connectivity index (χ1n) is 4.67. The summed E-state index contributed by atoms with van der Waals surface area (Å²) in [5.41, 5.74) is 1.80. The number of pyridine rings is 2. The lowest BCUT2D eigenvalue weighted by Crippen LogP contribution is -1.82. The summed E-state index contributed by atoms with van der Waals surface area (Å²) < 4.78 is 1.66. The smallest absolute Gasteiger partial charge is 0.106 e. The second kappa shape index (κ2) is 5.37. The van der Waals surface area contributed by atoms with E-state index in [1.165, 1.54) is 0 Å². The first-order valence-corrected chi connectivity index (χ1v) is 6.26. The normalized spacial score (nSPS) is 10.9. The summed E-state index contributed by atoms with van der Waals surface area (Å²) in [5.74, 6) is 0. The van der Waals surface area contributed by atoms with E-state index >= 15 is 0 Å². The van der Waals surface area contributed by atoms with E-state index in [4.69, 9.17) is 0 Å². The molecular weight excluding hydrogens is 332 g/mol. The van der Waals surface area contributed by atoms with E-state index in [0.717, 1.165) is 20.6 Å². The van der Waals surface area contributed by atoms with E-state index < -0.39 is 0 Å². The first-order chi connectivity index (χ1) is 7.74. The Bertz CT molecular complexity index is 476. The molecule has 0 unspecified atom stereocenters. The molecular formula is C12H8Br2N2. The molecule has 0 saturated heterocycles. The SMILES string of the molecule is Brc1cccc(/C=C/c2cccc(Br)n2)n1. The predicted molar refractivity (Wildman–Crippen MR) is 72.8 cm³/mol. The highest BCUT2D eigenvalue weighted by atomic mass is 79.9. The van der Waals surface area contributed by atoms with Gasteiger partial charge < -0.3 is 0 Å². The molecule has 0 aliphatic carbocycles. The maximum atomic E-state index is 4.30. The molecule has 0 saturated carbocycles. The fourth-order valence-electron chi connectivity index (χ4n) is 1.20. The van der Waals surface area contributed by atoms with Crippen molar-refractivity contribution >= 4 is 44.0 Å².